The van der Waals surface area contributed by atoms with Crippen LogP contribution in [0.1, 0.15) is 25.8 Å². The highest BCUT2D eigenvalue weighted by atomic mass is 16.3. The van der Waals surface area contributed by atoms with Gasteiger partial charge in [0.2, 0.25) is 11.8 Å². The lowest BCUT2D eigenvalue weighted by atomic mass is 10.2. The first kappa shape index (κ1) is 16.9. The number of hydrogen-bond acceptors (Lipinski definition) is 3. The molecule has 1 rings (SSSR count). The molecule has 114 valence electrons. The van der Waals surface area contributed by atoms with E-state index in [0.29, 0.717) is 6.42 Å². The molecule has 0 aliphatic carbocycles. The van der Waals surface area contributed by atoms with Crippen LogP contribution in [-0.4, -0.2) is 35.6 Å². The van der Waals surface area contributed by atoms with Gasteiger partial charge in [0.05, 0.1) is 0 Å². The second-order valence-corrected chi connectivity index (χ2v) is 4.90. The number of aliphatic hydroxyl groups is 1. The monoisotopic (exact) mass is 290 g/mol. The molecule has 0 aliphatic rings. The van der Waals surface area contributed by atoms with Crippen LogP contribution < -0.4 is 10.6 Å². The summed E-state index contributed by atoms with van der Waals surface area (Å²) in [4.78, 5) is 23.5. The highest BCUT2D eigenvalue weighted by Crippen LogP contribution is 2.00. The van der Waals surface area contributed by atoms with E-state index in [-0.39, 0.29) is 24.5 Å². The Kier molecular flexibility index (Phi) is 7.18. The molecule has 0 saturated carbocycles. The number of aliphatic hydroxyl groups excluding tert-OH is 1. The molecular weight excluding hydrogens is 268 g/mol. The molecule has 0 heterocycles. The van der Waals surface area contributed by atoms with Gasteiger partial charge >= 0.3 is 0 Å². The van der Waals surface area contributed by atoms with Crippen LogP contribution in [0.3, 0.4) is 0 Å². The van der Waals surface area contributed by atoms with Gasteiger partial charge in [-0.05, 0) is 31.9 Å². The van der Waals surface area contributed by atoms with E-state index in [1.807, 2.05) is 30.3 Å². The van der Waals surface area contributed by atoms with Gasteiger partial charge in [-0.2, -0.15) is 0 Å². The number of benzene rings is 1. The maximum Gasteiger partial charge on any atom is 0.244 e. The topological polar surface area (TPSA) is 78.4 Å². The molecule has 0 spiro atoms. The Bertz CT molecular complexity index is 486. The molecule has 1 aromatic carbocycles. The highest BCUT2D eigenvalue weighted by molar-refractivity contribution is 5.95. The molecule has 5 nitrogen and oxygen atoms in total. The van der Waals surface area contributed by atoms with Crippen LogP contribution in [0.25, 0.3) is 6.08 Å². The van der Waals surface area contributed by atoms with E-state index in [9.17, 15) is 9.59 Å². The Morgan fingerprint density at radius 3 is 2.48 bits per heavy atom. The van der Waals surface area contributed by atoms with Crippen LogP contribution >= 0.6 is 0 Å². The first-order valence-corrected chi connectivity index (χ1v) is 6.97. The lowest BCUT2D eigenvalue weighted by Crippen LogP contribution is -2.47. The van der Waals surface area contributed by atoms with E-state index in [0.717, 1.165) is 5.56 Å². The van der Waals surface area contributed by atoms with Crippen LogP contribution in [-0.2, 0) is 9.59 Å². The van der Waals surface area contributed by atoms with Crippen molar-refractivity contribution in [3.8, 4) is 0 Å². The summed E-state index contributed by atoms with van der Waals surface area (Å²) in [6, 6.07) is 8.69. The number of carbonyl (C=O) groups excluding carboxylic acids is 2. The van der Waals surface area contributed by atoms with Crippen LogP contribution in [0.5, 0.6) is 0 Å². The molecule has 2 amide bonds. The van der Waals surface area contributed by atoms with E-state index in [4.69, 9.17) is 5.11 Å². The smallest absolute Gasteiger partial charge is 0.244 e. The molecule has 2 atom stereocenters. The average molecular weight is 290 g/mol. The molecule has 3 N–H and O–H groups in total. The van der Waals surface area contributed by atoms with Crippen molar-refractivity contribution in [1.29, 1.82) is 0 Å². The van der Waals surface area contributed by atoms with Crippen molar-refractivity contribution in [2.45, 2.75) is 32.4 Å². The number of carbonyl (C=O) groups is 2. The van der Waals surface area contributed by atoms with Gasteiger partial charge in [-0.3, -0.25) is 9.59 Å². The van der Waals surface area contributed by atoms with Crippen molar-refractivity contribution < 1.29 is 14.7 Å². The fourth-order valence-electron chi connectivity index (χ4n) is 1.70. The summed E-state index contributed by atoms with van der Waals surface area (Å²) in [5.41, 5.74) is 0.918. The van der Waals surface area contributed by atoms with Crippen LogP contribution in [0.2, 0.25) is 0 Å². The average Bonchev–Trinajstić information content (AvgIpc) is 2.46. The Balaban J connectivity index is 2.43. The molecule has 21 heavy (non-hydrogen) atoms. The van der Waals surface area contributed by atoms with Crippen molar-refractivity contribution in [3.63, 3.8) is 0 Å². The van der Waals surface area contributed by atoms with E-state index in [1.165, 1.54) is 6.08 Å². The zero-order valence-electron chi connectivity index (χ0n) is 12.4. The van der Waals surface area contributed by atoms with Crippen molar-refractivity contribution in [3.05, 3.63) is 42.0 Å². The predicted octanol–water partition coefficient (Wildman–Crippen LogP) is 1.09. The minimum absolute atomic E-state index is 0.0159. The second kappa shape index (κ2) is 8.92. The zero-order valence-corrected chi connectivity index (χ0v) is 12.4. The maximum absolute atomic E-state index is 11.8. The molecule has 5 heteroatoms. The van der Waals surface area contributed by atoms with Crippen LogP contribution in [0, 0.1) is 0 Å². The molecule has 0 radical (unpaired) electrons. The molecule has 0 fully saturated rings. The minimum Gasteiger partial charge on any atom is -0.396 e. The molecule has 1 aromatic rings. The van der Waals surface area contributed by atoms with Crippen molar-refractivity contribution in [2.24, 2.45) is 0 Å². The van der Waals surface area contributed by atoms with Crippen LogP contribution in [0.4, 0.5) is 0 Å². The summed E-state index contributed by atoms with van der Waals surface area (Å²) in [5, 5.41) is 14.1. The molecule has 0 aromatic heterocycles. The third kappa shape index (κ3) is 6.72. The van der Waals surface area contributed by atoms with Crippen molar-refractivity contribution in [1.82, 2.24) is 10.6 Å². The Morgan fingerprint density at radius 2 is 1.86 bits per heavy atom. The first-order chi connectivity index (χ1) is 10.0. The fourth-order valence-corrected chi connectivity index (χ4v) is 1.70. The largest absolute Gasteiger partial charge is 0.396 e. The van der Waals surface area contributed by atoms with E-state index in [2.05, 4.69) is 10.6 Å². The quantitative estimate of drug-likeness (QED) is 0.658. The van der Waals surface area contributed by atoms with Gasteiger partial charge in [0.25, 0.3) is 0 Å². The summed E-state index contributed by atoms with van der Waals surface area (Å²) >= 11 is 0. The third-order valence-corrected chi connectivity index (χ3v) is 2.93. The third-order valence-electron chi connectivity index (χ3n) is 2.93. The number of rotatable bonds is 7. The maximum atomic E-state index is 11.8. The molecule has 0 saturated heterocycles. The highest BCUT2D eigenvalue weighted by Gasteiger charge is 2.15. The molecule has 0 aliphatic heterocycles. The second-order valence-electron chi connectivity index (χ2n) is 4.90. The van der Waals surface area contributed by atoms with E-state index >= 15 is 0 Å². The van der Waals surface area contributed by atoms with Gasteiger partial charge in [-0.15, -0.1) is 0 Å². The zero-order chi connectivity index (χ0) is 15.7. The number of nitrogens with one attached hydrogen (secondary N) is 2. The molecular formula is C16H22N2O3. The minimum atomic E-state index is -0.626. The lowest BCUT2D eigenvalue weighted by Gasteiger charge is -2.17. The van der Waals surface area contributed by atoms with Crippen molar-refractivity contribution >= 4 is 17.9 Å². The number of amides is 2. The molecule has 1 unspecified atom stereocenters. The van der Waals surface area contributed by atoms with Gasteiger partial charge in [0, 0.05) is 18.7 Å². The summed E-state index contributed by atoms with van der Waals surface area (Å²) in [7, 11) is 0. The normalized spacial score (nSPS) is 13.7. The van der Waals surface area contributed by atoms with Gasteiger partial charge in [-0.1, -0.05) is 30.3 Å². The van der Waals surface area contributed by atoms with Gasteiger partial charge in [0.15, 0.2) is 0 Å². The van der Waals surface area contributed by atoms with Crippen molar-refractivity contribution in [2.75, 3.05) is 6.61 Å². The van der Waals surface area contributed by atoms with Gasteiger partial charge < -0.3 is 15.7 Å². The summed E-state index contributed by atoms with van der Waals surface area (Å²) in [6.07, 6.45) is 3.57. The Morgan fingerprint density at radius 1 is 1.19 bits per heavy atom. The van der Waals surface area contributed by atoms with Gasteiger partial charge in [0.1, 0.15) is 6.04 Å². The summed E-state index contributed by atoms with van der Waals surface area (Å²) in [6.45, 7) is 3.44. The summed E-state index contributed by atoms with van der Waals surface area (Å²) < 4.78 is 0. The van der Waals surface area contributed by atoms with Crippen LogP contribution in [0.15, 0.2) is 36.4 Å². The summed E-state index contributed by atoms with van der Waals surface area (Å²) in [5.74, 6) is -0.589. The lowest BCUT2D eigenvalue weighted by molar-refractivity contribution is -0.127. The first-order valence-electron chi connectivity index (χ1n) is 6.97. The SMILES string of the molecule is CC(NC(=O)/C=C/c1ccccc1)C(=O)N[C@H](C)CCO. The number of hydrogen-bond donors (Lipinski definition) is 3. The standard InChI is InChI=1S/C16H22N2O3/c1-12(10-11-19)17-16(21)13(2)18-15(20)9-8-14-6-4-3-5-7-14/h3-9,12-13,19H,10-11H2,1-2H3,(H,17,21)(H,18,20)/b9-8+/t12-,13?/m1/s1. The fraction of sp³-hybridized carbons (Fsp3) is 0.375. The van der Waals surface area contributed by atoms with Gasteiger partial charge in [-0.25, -0.2) is 0 Å². The van der Waals surface area contributed by atoms with E-state index in [1.54, 1.807) is 19.9 Å². The Hall–Kier alpha value is -2.14. The van der Waals surface area contributed by atoms with E-state index < -0.39 is 6.04 Å². The Labute approximate surface area is 125 Å². The molecule has 0 bridgehead atoms. The predicted molar refractivity (Wildman–Crippen MR) is 82.4 cm³/mol.